The lowest BCUT2D eigenvalue weighted by atomic mass is 10.1. The molecule has 0 aromatic rings. The van der Waals surface area contributed by atoms with Crippen LogP contribution in [-0.2, 0) is 4.79 Å². The summed E-state index contributed by atoms with van der Waals surface area (Å²) < 4.78 is 72.9. The molecule has 0 radical (unpaired) electrons. The highest BCUT2D eigenvalue weighted by Gasteiger charge is 2.62. The second-order valence-corrected chi connectivity index (χ2v) is 3.99. The highest BCUT2D eigenvalue weighted by molar-refractivity contribution is 5.81. The van der Waals surface area contributed by atoms with Crippen molar-refractivity contribution < 1.29 is 31.1 Å². The van der Waals surface area contributed by atoms with E-state index in [0.29, 0.717) is 0 Å². The number of hydrogen-bond donors (Lipinski definition) is 2. The molecule has 0 heterocycles. The molecule has 0 bridgehead atoms. The molecule has 0 unspecified atom stereocenters. The summed E-state index contributed by atoms with van der Waals surface area (Å²) >= 11 is 0. The van der Waals surface area contributed by atoms with E-state index in [2.05, 4.69) is 0 Å². The number of halogens is 6. The standard InChI is InChI=1S/C8H10F6N2O/c9-7(10,11)4(8(12,13)14)5(17)16-6(3-15)1-2-6/h4H,1-3,15H2,(H,16,17). The minimum Gasteiger partial charge on any atom is -0.349 e. The molecule has 100 valence electrons. The minimum absolute atomic E-state index is 0.179. The van der Waals surface area contributed by atoms with Crippen LogP contribution in [0.3, 0.4) is 0 Å². The van der Waals surface area contributed by atoms with E-state index >= 15 is 0 Å². The highest BCUT2D eigenvalue weighted by Crippen LogP contribution is 2.41. The van der Waals surface area contributed by atoms with Crippen molar-refractivity contribution in [3.8, 4) is 0 Å². The molecule has 3 nitrogen and oxygen atoms in total. The van der Waals surface area contributed by atoms with Gasteiger partial charge in [0.25, 0.3) is 0 Å². The number of hydrogen-bond acceptors (Lipinski definition) is 2. The van der Waals surface area contributed by atoms with E-state index in [-0.39, 0.29) is 19.4 Å². The van der Waals surface area contributed by atoms with Gasteiger partial charge in [-0.15, -0.1) is 0 Å². The average molecular weight is 264 g/mol. The molecule has 17 heavy (non-hydrogen) atoms. The van der Waals surface area contributed by atoms with Crippen LogP contribution < -0.4 is 11.1 Å². The maximum absolute atomic E-state index is 12.2. The van der Waals surface area contributed by atoms with Crippen molar-refractivity contribution in [1.29, 1.82) is 0 Å². The molecule has 1 fully saturated rings. The van der Waals surface area contributed by atoms with Crippen molar-refractivity contribution in [2.75, 3.05) is 6.54 Å². The summed E-state index contributed by atoms with van der Waals surface area (Å²) in [5, 5.41) is 1.73. The molecule has 0 atom stereocenters. The second-order valence-electron chi connectivity index (χ2n) is 3.99. The Bertz CT molecular complexity index is 292. The van der Waals surface area contributed by atoms with Crippen molar-refractivity contribution in [2.45, 2.75) is 30.7 Å². The Labute approximate surface area is 92.3 Å². The predicted molar refractivity (Wildman–Crippen MR) is 44.8 cm³/mol. The molecular weight excluding hydrogens is 254 g/mol. The lowest BCUT2D eigenvalue weighted by Gasteiger charge is -2.24. The van der Waals surface area contributed by atoms with E-state index in [9.17, 15) is 31.1 Å². The third-order valence-corrected chi connectivity index (χ3v) is 2.55. The molecule has 0 spiro atoms. The van der Waals surface area contributed by atoms with Crippen molar-refractivity contribution in [1.82, 2.24) is 5.32 Å². The first-order valence-electron chi connectivity index (χ1n) is 4.67. The molecule has 3 N–H and O–H groups in total. The summed E-state index contributed by atoms with van der Waals surface area (Å²) in [4.78, 5) is 11.0. The zero-order valence-corrected chi connectivity index (χ0v) is 8.45. The van der Waals surface area contributed by atoms with E-state index in [4.69, 9.17) is 5.73 Å². The number of alkyl halides is 6. The van der Waals surface area contributed by atoms with Crippen LogP contribution in [0.25, 0.3) is 0 Å². The molecule has 9 heteroatoms. The summed E-state index contributed by atoms with van der Waals surface area (Å²) in [6.07, 6.45) is -10.7. The zero-order chi connectivity index (χ0) is 13.5. The van der Waals surface area contributed by atoms with Gasteiger partial charge in [-0.25, -0.2) is 0 Å². The maximum atomic E-state index is 12.2. The number of rotatable bonds is 3. The van der Waals surface area contributed by atoms with Crippen LogP contribution in [0.4, 0.5) is 26.3 Å². The van der Waals surface area contributed by atoms with Gasteiger partial charge >= 0.3 is 12.4 Å². The molecule has 0 aliphatic heterocycles. The van der Waals surface area contributed by atoms with Gasteiger partial charge in [-0.1, -0.05) is 0 Å². The fourth-order valence-corrected chi connectivity index (χ4v) is 1.35. The van der Waals surface area contributed by atoms with Crippen molar-refractivity contribution in [3.05, 3.63) is 0 Å². The second kappa shape index (κ2) is 4.04. The van der Waals surface area contributed by atoms with Crippen LogP contribution in [0.1, 0.15) is 12.8 Å². The molecule has 0 saturated heterocycles. The summed E-state index contributed by atoms with van der Waals surface area (Å²) in [6, 6.07) is 0. The summed E-state index contributed by atoms with van der Waals surface area (Å²) in [5.41, 5.74) is 4.07. The molecule has 0 aromatic heterocycles. The first-order chi connectivity index (χ1) is 7.52. The van der Waals surface area contributed by atoms with E-state index in [1.807, 2.05) is 0 Å². The maximum Gasteiger partial charge on any atom is 0.409 e. The van der Waals surface area contributed by atoms with Crippen molar-refractivity contribution in [3.63, 3.8) is 0 Å². The Hall–Kier alpha value is -0.990. The van der Waals surface area contributed by atoms with E-state index in [1.165, 1.54) is 0 Å². The largest absolute Gasteiger partial charge is 0.409 e. The smallest absolute Gasteiger partial charge is 0.349 e. The molecule has 1 aliphatic carbocycles. The summed E-state index contributed by atoms with van der Waals surface area (Å²) in [6.45, 7) is -0.179. The third kappa shape index (κ3) is 3.24. The fourth-order valence-electron chi connectivity index (χ4n) is 1.35. The summed E-state index contributed by atoms with van der Waals surface area (Å²) in [7, 11) is 0. The first kappa shape index (κ1) is 14.1. The van der Waals surface area contributed by atoms with E-state index < -0.39 is 29.7 Å². The van der Waals surface area contributed by atoms with Gasteiger partial charge in [0.2, 0.25) is 11.8 Å². The van der Waals surface area contributed by atoms with Crippen LogP contribution in [0, 0.1) is 5.92 Å². The Morgan fingerprint density at radius 2 is 1.59 bits per heavy atom. The van der Waals surface area contributed by atoms with Crippen molar-refractivity contribution in [2.24, 2.45) is 11.7 Å². The topological polar surface area (TPSA) is 55.1 Å². The van der Waals surface area contributed by atoms with Crippen molar-refractivity contribution >= 4 is 5.91 Å². The normalized spacial score (nSPS) is 19.3. The van der Waals surface area contributed by atoms with Gasteiger partial charge in [-0.2, -0.15) is 26.3 Å². The fraction of sp³-hybridized carbons (Fsp3) is 0.875. The number of amides is 1. The highest BCUT2D eigenvalue weighted by atomic mass is 19.4. The number of carbonyl (C=O) groups excluding carboxylic acids is 1. The molecule has 1 amide bonds. The van der Waals surface area contributed by atoms with Gasteiger partial charge < -0.3 is 11.1 Å². The van der Waals surface area contributed by atoms with Gasteiger partial charge in [-0.3, -0.25) is 4.79 Å². The van der Waals surface area contributed by atoms with Crippen LogP contribution >= 0.6 is 0 Å². The zero-order valence-electron chi connectivity index (χ0n) is 8.45. The SMILES string of the molecule is NCC1(NC(=O)C(C(F)(F)F)C(F)(F)F)CC1. The van der Waals surface area contributed by atoms with Gasteiger partial charge in [-0.05, 0) is 12.8 Å². The van der Waals surface area contributed by atoms with Gasteiger partial charge in [0.15, 0.2) is 0 Å². The number of carbonyl (C=O) groups is 1. The van der Waals surface area contributed by atoms with E-state index in [1.54, 1.807) is 5.32 Å². The summed E-state index contributed by atoms with van der Waals surface area (Å²) in [5.74, 6) is -6.09. The third-order valence-electron chi connectivity index (χ3n) is 2.55. The van der Waals surface area contributed by atoms with Crippen LogP contribution in [0.2, 0.25) is 0 Å². The lowest BCUT2D eigenvalue weighted by Crippen LogP contribution is -2.53. The Balaban J connectivity index is 2.82. The Morgan fingerprint density at radius 3 is 1.82 bits per heavy atom. The molecule has 0 aromatic carbocycles. The quantitative estimate of drug-likeness (QED) is 0.756. The van der Waals surface area contributed by atoms with Gasteiger partial charge in [0.1, 0.15) is 0 Å². The number of nitrogens with one attached hydrogen (secondary N) is 1. The molecule has 1 aliphatic rings. The van der Waals surface area contributed by atoms with Crippen LogP contribution in [0.15, 0.2) is 0 Å². The minimum atomic E-state index is -5.66. The van der Waals surface area contributed by atoms with E-state index in [0.717, 1.165) is 0 Å². The average Bonchev–Trinajstić information content (AvgIpc) is 2.79. The Morgan fingerprint density at radius 1 is 1.18 bits per heavy atom. The van der Waals surface area contributed by atoms with Gasteiger partial charge in [0.05, 0.1) is 5.54 Å². The molecule has 1 rings (SSSR count). The predicted octanol–water partition coefficient (Wildman–Crippen LogP) is 1.33. The van der Waals surface area contributed by atoms with Crippen LogP contribution in [-0.4, -0.2) is 30.3 Å². The first-order valence-corrected chi connectivity index (χ1v) is 4.67. The van der Waals surface area contributed by atoms with Gasteiger partial charge in [0, 0.05) is 6.54 Å². The lowest BCUT2D eigenvalue weighted by molar-refractivity contribution is -0.274. The molecular formula is C8H10F6N2O. The van der Waals surface area contributed by atoms with Crippen LogP contribution in [0.5, 0.6) is 0 Å². The monoisotopic (exact) mass is 264 g/mol. The molecule has 1 saturated carbocycles. The number of nitrogens with two attached hydrogens (primary N) is 1. The Kier molecular flexibility index (Phi) is 3.34.